The van der Waals surface area contributed by atoms with Crippen LogP contribution in [-0.4, -0.2) is 103 Å². The smallest absolute Gasteiger partial charge is 0.326 e. The first-order valence-electron chi connectivity index (χ1n) is 16.7. The van der Waals surface area contributed by atoms with E-state index in [1.807, 2.05) is 54.6 Å². The summed E-state index contributed by atoms with van der Waals surface area (Å²) in [6.07, 6.45) is 0. The molecule has 0 saturated carbocycles. The van der Waals surface area contributed by atoms with Gasteiger partial charge in [-0.15, -0.1) is 12.4 Å². The third-order valence-electron chi connectivity index (χ3n) is 9.22. The minimum Gasteiger partial charge on any atom is -0.490 e. The Morgan fingerprint density at radius 3 is 1.92 bits per heavy atom. The van der Waals surface area contributed by atoms with Crippen molar-refractivity contribution >= 4 is 53.5 Å². The number of benzene rings is 3. The molecule has 0 unspecified atom stereocenters. The normalized spacial score (nSPS) is 19.6. The van der Waals surface area contributed by atoms with Crippen molar-refractivity contribution in [2.75, 3.05) is 65.8 Å². The molecule has 0 spiro atoms. The molecule has 2 saturated heterocycles. The summed E-state index contributed by atoms with van der Waals surface area (Å²) in [5, 5.41) is 1.16. The van der Waals surface area contributed by atoms with Crippen molar-refractivity contribution in [2.24, 2.45) is 4.99 Å². The molecule has 3 heterocycles. The number of amides is 4. The van der Waals surface area contributed by atoms with Crippen LogP contribution in [0.3, 0.4) is 0 Å². The van der Waals surface area contributed by atoms with Gasteiger partial charge in [-0.2, -0.15) is 0 Å². The third kappa shape index (κ3) is 8.15. The van der Waals surface area contributed by atoms with Crippen LogP contribution >= 0.6 is 35.6 Å². The van der Waals surface area contributed by atoms with E-state index in [0.717, 1.165) is 16.7 Å². The predicted molar refractivity (Wildman–Crippen MR) is 197 cm³/mol. The van der Waals surface area contributed by atoms with Crippen LogP contribution in [0, 0.1) is 0 Å². The molecule has 2 fully saturated rings. The summed E-state index contributed by atoms with van der Waals surface area (Å²) in [6, 6.07) is 19.4. The third-order valence-corrected chi connectivity index (χ3v) is 9.73. The van der Waals surface area contributed by atoms with E-state index in [1.54, 1.807) is 31.7 Å². The van der Waals surface area contributed by atoms with Gasteiger partial charge in [0.25, 0.3) is 0 Å². The molecular formula is C37H43Cl3FN5O4. The van der Waals surface area contributed by atoms with Gasteiger partial charge in [0.15, 0.2) is 0 Å². The largest absolute Gasteiger partial charge is 0.490 e. The standard InChI is InChI=1S/C37H42Cl2FN5O4.ClH/c1-37(2,3)27-8-13-30(31(24-27)49-21-14-40)34-41-32(25-4-9-28(38)10-5-25)33(26-6-11-29(39)12-7-26)45(34)36(47)43-17-15-42(16-18-43)35(46)44-19-22-48-23-20-44;/h4-13,24,32-33H,14-23H2,1-3H3;1H/t32-,33+;/m0./s1. The summed E-state index contributed by atoms with van der Waals surface area (Å²) in [6.45, 7) is 9.16. The first-order valence-corrected chi connectivity index (χ1v) is 17.4. The van der Waals surface area contributed by atoms with Gasteiger partial charge < -0.3 is 24.2 Å². The number of hydrogen-bond acceptors (Lipinski definition) is 5. The number of aliphatic imine (C=N–C) groups is 1. The number of alkyl halides is 1. The van der Waals surface area contributed by atoms with Gasteiger partial charge in [-0.25, -0.2) is 14.0 Å². The summed E-state index contributed by atoms with van der Waals surface area (Å²) >= 11 is 12.6. The minimum absolute atomic E-state index is 0. The summed E-state index contributed by atoms with van der Waals surface area (Å²) in [4.78, 5) is 40.5. The average molecular weight is 747 g/mol. The lowest BCUT2D eigenvalue weighted by Crippen LogP contribution is -2.58. The van der Waals surface area contributed by atoms with Crippen molar-refractivity contribution in [3.8, 4) is 5.75 Å². The minimum atomic E-state index is -0.664. The fourth-order valence-corrected chi connectivity index (χ4v) is 6.74. The Morgan fingerprint density at radius 2 is 1.36 bits per heavy atom. The number of halogens is 4. The number of piperazine rings is 1. The second kappa shape index (κ2) is 16.2. The molecule has 0 radical (unpaired) electrons. The van der Waals surface area contributed by atoms with Crippen LogP contribution in [0.5, 0.6) is 5.75 Å². The molecule has 3 aliphatic heterocycles. The van der Waals surface area contributed by atoms with Crippen LogP contribution in [0.2, 0.25) is 10.0 Å². The monoisotopic (exact) mass is 745 g/mol. The van der Waals surface area contributed by atoms with Gasteiger partial charge in [0.05, 0.1) is 24.8 Å². The molecule has 0 N–H and O–H groups in total. The Morgan fingerprint density at radius 1 is 0.820 bits per heavy atom. The van der Waals surface area contributed by atoms with E-state index in [2.05, 4.69) is 20.8 Å². The first-order chi connectivity index (χ1) is 23.5. The number of carbonyl (C=O) groups is 2. The lowest BCUT2D eigenvalue weighted by Gasteiger charge is -2.40. The zero-order valence-electron chi connectivity index (χ0n) is 28.5. The highest BCUT2D eigenvalue weighted by Crippen LogP contribution is 2.46. The van der Waals surface area contributed by atoms with Crippen molar-refractivity contribution in [2.45, 2.75) is 38.3 Å². The van der Waals surface area contributed by atoms with Crippen LogP contribution in [0.25, 0.3) is 0 Å². The van der Waals surface area contributed by atoms with E-state index in [-0.39, 0.29) is 36.5 Å². The zero-order valence-corrected chi connectivity index (χ0v) is 30.8. The molecule has 0 bridgehead atoms. The molecule has 4 amide bonds. The number of hydrogen-bond donors (Lipinski definition) is 0. The average Bonchev–Trinajstić information content (AvgIpc) is 3.51. The van der Waals surface area contributed by atoms with Crippen LogP contribution in [0.15, 0.2) is 71.7 Å². The summed E-state index contributed by atoms with van der Waals surface area (Å²) in [5.41, 5.74) is 3.11. The summed E-state index contributed by atoms with van der Waals surface area (Å²) < 4.78 is 25.0. The van der Waals surface area contributed by atoms with Crippen molar-refractivity contribution < 1.29 is 23.5 Å². The van der Waals surface area contributed by atoms with Gasteiger partial charge >= 0.3 is 12.1 Å². The summed E-state index contributed by atoms with van der Waals surface area (Å²) in [7, 11) is 0. The Kier molecular flexibility index (Phi) is 12.2. The Bertz CT molecular complexity index is 1670. The molecule has 3 aromatic carbocycles. The van der Waals surface area contributed by atoms with Gasteiger partial charge in [0.1, 0.15) is 30.9 Å². The van der Waals surface area contributed by atoms with E-state index in [4.69, 9.17) is 37.7 Å². The molecule has 13 heteroatoms. The molecule has 0 aliphatic carbocycles. The molecule has 6 rings (SSSR count). The van der Waals surface area contributed by atoms with Crippen molar-refractivity contribution in [1.82, 2.24) is 19.6 Å². The topological polar surface area (TPSA) is 77.9 Å². The van der Waals surface area contributed by atoms with Gasteiger partial charge in [0.2, 0.25) is 0 Å². The number of rotatable bonds is 6. The van der Waals surface area contributed by atoms with E-state index < -0.39 is 18.8 Å². The fraction of sp³-hybridized carbons (Fsp3) is 0.432. The lowest BCUT2D eigenvalue weighted by atomic mass is 9.86. The van der Waals surface area contributed by atoms with Gasteiger partial charge in [-0.05, 0) is 58.5 Å². The predicted octanol–water partition coefficient (Wildman–Crippen LogP) is 7.80. The number of urea groups is 2. The van der Waals surface area contributed by atoms with Crippen LogP contribution in [0.1, 0.15) is 55.1 Å². The SMILES string of the molecule is CC(C)(C)c1ccc(C2=N[C@@H](c3ccc(Cl)cc3)[C@@H](c3ccc(Cl)cc3)N2C(=O)N2CCN(C(=O)N3CCOCC3)CC2)c(OCCF)c1.Cl. The van der Waals surface area contributed by atoms with E-state index in [9.17, 15) is 14.0 Å². The van der Waals surface area contributed by atoms with Gasteiger partial charge in [-0.1, -0.05) is 74.3 Å². The molecule has 9 nitrogen and oxygen atoms in total. The highest BCUT2D eigenvalue weighted by molar-refractivity contribution is 6.30. The van der Waals surface area contributed by atoms with Crippen molar-refractivity contribution in [1.29, 1.82) is 0 Å². The van der Waals surface area contributed by atoms with Crippen molar-refractivity contribution in [3.05, 3.63) is 99.0 Å². The van der Waals surface area contributed by atoms with E-state index in [1.165, 1.54) is 0 Å². The Balaban J connectivity index is 0.00000486. The van der Waals surface area contributed by atoms with Gasteiger partial charge in [0, 0.05) is 49.3 Å². The number of amidine groups is 1. The maximum absolute atomic E-state index is 14.9. The van der Waals surface area contributed by atoms with Crippen LogP contribution < -0.4 is 4.74 Å². The second-order valence-electron chi connectivity index (χ2n) is 13.5. The molecule has 2 atom stereocenters. The summed E-state index contributed by atoms with van der Waals surface area (Å²) in [5.74, 6) is 0.875. The second-order valence-corrected chi connectivity index (χ2v) is 14.3. The van der Waals surface area contributed by atoms with E-state index >= 15 is 0 Å². The molecule has 3 aliphatic rings. The maximum Gasteiger partial charge on any atom is 0.326 e. The fourth-order valence-electron chi connectivity index (χ4n) is 6.49. The van der Waals surface area contributed by atoms with Gasteiger partial charge in [-0.3, -0.25) is 9.89 Å². The number of ether oxygens (including phenoxy) is 2. The first kappa shape index (κ1) is 37.7. The maximum atomic E-state index is 14.9. The number of carbonyl (C=O) groups excluding carboxylic acids is 2. The molecular weight excluding hydrogens is 704 g/mol. The molecule has 0 aromatic heterocycles. The van der Waals surface area contributed by atoms with Crippen molar-refractivity contribution in [3.63, 3.8) is 0 Å². The Labute approximate surface area is 309 Å². The molecule has 268 valence electrons. The van der Waals surface area contributed by atoms with Crippen LogP contribution in [-0.2, 0) is 10.2 Å². The Hall–Kier alpha value is -3.57. The number of nitrogens with zero attached hydrogens (tertiary/aromatic N) is 5. The highest BCUT2D eigenvalue weighted by Gasteiger charge is 2.45. The lowest BCUT2D eigenvalue weighted by molar-refractivity contribution is 0.0386. The van der Waals surface area contributed by atoms with E-state index in [0.29, 0.717) is 79.7 Å². The quantitative estimate of drug-likeness (QED) is 0.258. The van der Waals surface area contributed by atoms with Crippen LogP contribution in [0.4, 0.5) is 14.0 Å². The molecule has 50 heavy (non-hydrogen) atoms. The highest BCUT2D eigenvalue weighted by atomic mass is 35.5. The zero-order chi connectivity index (χ0) is 34.7. The molecule has 3 aromatic rings. The number of morpholine rings is 1.